The lowest BCUT2D eigenvalue weighted by Crippen LogP contribution is -2.48. The third-order valence-corrected chi connectivity index (χ3v) is 3.26. The van der Waals surface area contributed by atoms with Crippen LogP contribution in [0.15, 0.2) is 29.4 Å². The van der Waals surface area contributed by atoms with Crippen LogP contribution in [0.5, 0.6) is 5.75 Å². The predicted octanol–water partition coefficient (Wildman–Crippen LogP) is 0.388. The molecule has 1 amide bonds. The van der Waals surface area contributed by atoms with Crippen molar-refractivity contribution in [3.8, 4) is 5.75 Å². The maximum atomic E-state index is 11.6. The van der Waals surface area contributed by atoms with Crippen molar-refractivity contribution in [3.63, 3.8) is 0 Å². The van der Waals surface area contributed by atoms with Crippen molar-refractivity contribution in [1.29, 1.82) is 0 Å². The SMILES string of the molecule is COc1cccc(C2CC3C(=O)NN=CN3N2)c1. The summed E-state index contributed by atoms with van der Waals surface area (Å²) in [5.74, 6) is 0.743. The average molecular weight is 246 g/mol. The van der Waals surface area contributed by atoms with E-state index < -0.39 is 0 Å². The number of methoxy groups -OCH3 is 1. The lowest BCUT2D eigenvalue weighted by molar-refractivity contribution is -0.125. The molecule has 0 aromatic heterocycles. The van der Waals surface area contributed by atoms with Gasteiger partial charge in [0, 0.05) is 0 Å². The van der Waals surface area contributed by atoms with E-state index >= 15 is 0 Å². The van der Waals surface area contributed by atoms with Gasteiger partial charge in [-0.3, -0.25) is 9.80 Å². The quantitative estimate of drug-likeness (QED) is 0.792. The molecule has 2 N–H and O–H groups in total. The van der Waals surface area contributed by atoms with Gasteiger partial charge in [-0.25, -0.2) is 10.9 Å². The molecule has 2 heterocycles. The van der Waals surface area contributed by atoms with Gasteiger partial charge in [0.2, 0.25) is 0 Å². The summed E-state index contributed by atoms with van der Waals surface area (Å²) in [6, 6.07) is 7.75. The molecule has 6 heteroatoms. The Morgan fingerprint density at radius 3 is 3.17 bits per heavy atom. The first-order valence-electron chi connectivity index (χ1n) is 5.79. The van der Waals surface area contributed by atoms with E-state index in [4.69, 9.17) is 4.74 Å². The molecule has 94 valence electrons. The number of carbonyl (C=O) groups is 1. The van der Waals surface area contributed by atoms with Gasteiger partial charge in [0.15, 0.2) is 0 Å². The van der Waals surface area contributed by atoms with E-state index in [2.05, 4.69) is 16.0 Å². The summed E-state index contributed by atoms with van der Waals surface area (Å²) < 4.78 is 5.21. The molecular formula is C12H14N4O2. The number of nitrogens with zero attached hydrogens (tertiary/aromatic N) is 2. The van der Waals surface area contributed by atoms with Crippen LogP contribution in [0, 0.1) is 0 Å². The molecule has 2 aliphatic heterocycles. The summed E-state index contributed by atoms with van der Waals surface area (Å²) in [5, 5.41) is 5.53. The minimum atomic E-state index is -0.196. The van der Waals surface area contributed by atoms with Gasteiger partial charge < -0.3 is 4.74 Å². The summed E-state index contributed by atoms with van der Waals surface area (Å²) in [7, 11) is 1.64. The Balaban J connectivity index is 1.83. The van der Waals surface area contributed by atoms with Crippen molar-refractivity contribution in [1.82, 2.24) is 15.9 Å². The Morgan fingerprint density at radius 2 is 2.39 bits per heavy atom. The third kappa shape index (κ3) is 1.80. The molecular weight excluding hydrogens is 232 g/mol. The molecule has 18 heavy (non-hydrogen) atoms. The molecule has 0 radical (unpaired) electrons. The predicted molar refractivity (Wildman–Crippen MR) is 65.7 cm³/mol. The van der Waals surface area contributed by atoms with Crippen LogP contribution in [0.4, 0.5) is 0 Å². The Bertz CT molecular complexity index is 503. The second-order valence-corrected chi connectivity index (χ2v) is 4.34. The zero-order valence-corrected chi connectivity index (χ0v) is 9.96. The summed E-state index contributed by atoms with van der Waals surface area (Å²) in [4.78, 5) is 11.6. The van der Waals surface area contributed by atoms with Gasteiger partial charge in [-0.2, -0.15) is 5.10 Å². The number of rotatable bonds is 2. The number of ether oxygens (including phenoxy) is 1. The van der Waals surface area contributed by atoms with Crippen LogP contribution >= 0.6 is 0 Å². The van der Waals surface area contributed by atoms with E-state index in [1.807, 2.05) is 24.3 Å². The Kier molecular flexibility index (Phi) is 2.64. The number of fused-ring (bicyclic) bond motifs is 1. The summed E-state index contributed by atoms with van der Waals surface area (Å²) in [6.45, 7) is 0. The smallest absolute Gasteiger partial charge is 0.264 e. The van der Waals surface area contributed by atoms with Gasteiger partial charge in [-0.05, 0) is 24.1 Å². The highest BCUT2D eigenvalue weighted by Gasteiger charge is 2.37. The molecule has 0 spiro atoms. The molecule has 0 aliphatic carbocycles. The van der Waals surface area contributed by atoms with E-state index in [9.17, 15) is 4.79 Å². The van der Waals surface area contributed by atoms with E-state index in [-0.39, 0.29) is 18.0 Å². The van der Waals surface area contributed by atoms with Crippen molar-refractivity contribution in [2.75, 3.05) is 7.11 Å². The Labute approximate surface area is 105 Å². The number of carbonyl (C=O) groups excluding carboxylic acids is 1. The normalized spacial score (nSPS) is 25.8. The number of hydrazone groups is 1. The molecule has 0 bridgehead atoms. The van der Waals surface area contributed by atoms with Crippen molar-refractivity contribution in [3.05, 3.63) is 29.8 Å². The van der Waals surface area contributed by atoms with Crippen LogP contribution in [-0.4, -0.2) is 30.4 Å². The minimum absolute atomic E-state index is 0.0737. The first kappa shape index (κ1) is 11.0. The van der Waals surface area contributed by atoms with Gasteiger partial charge in [0.25, 0.3) is 5.91 Å². The molecule has 2 aliphatic rings. The highest BCUT2D eigenvalue weighted by Crippen LogP contribution is 2.29. The third-order valence-electron chi connectivity index (χ3n) is 3.26. The van der Waals surface area contributed by atoms with Crippen LogP contribution in [-0.2, 0) is 4.79 Å². The minimum Gasteiger partial charge on any atom is -0.497 e. The second-order valence-electron chi connectivity index (χ2n) is 4.34. The molecule has 1 saturated heterocycles. The molecule has 1 fully saturated rings. The summed E-state index contributed by atoms with van der Waals surface area (Å²) in [5.41, 5.74) is 6.83. The molecule has 1 aromatic carbocycles. The van der Waals surface area contributed by atoms with E-state index in [0.717, 1.165) is 11.3 Å². The first-order valence-corrected chi connectivity index (χ1v) is 5.79. The largest absolute Gasteiger partial charge is 0.497 e. The molecule has 3 rings (SSSR count). The lowest BCUT2D eigenvalue weighted by atomic mass is 10.0. The number of hydrogen-bond donors (Lipinski definition) is 2. The molecule has 2 unspecified atom stereocenters. The topological polar surface area (TPSA) is 66.0 Å². The fourth-order valence-corrected chi connectivity index (χ4v) is 2.30. The number of hydrogen-bond acceptors (Lipinski definition) is 5. The summed E-state index contributed by atoms with van der Waals surface area (Å²) >= 11 is 0. The standard InChI is InChI=1S/C12H14N4O2/c1-18-9-4-2-3-8(5-9)10-6-11-12(17)14-13-7-16(11)15-10/h2-5,7,10-11,15H,6H2,1H3,(H,14,17). The van der Waals surface area contributed by atoms with Gasteiger partial charge in [-0.15, -0.1) is 0 Å². The van der Waals surface area contributed by atoms with Crippen molar-refractivity contribution >= 4 is 12.2 Å². The number of amides is 1. The van der Waals surface area contributed by atoms with Crippen molar-refractivity contribution in [2.24, 2.45) is 5.10 Å². The van der Waals surface area contributed by atoms with Gasteiger partial charge in [0.1, 0.15) is 18.1 Å². The number of nitrogens with one attached hydrogen (secondary N) is 2. The monoisotopic (exact) mass is 246 g/mol. The molecule has 2 atom stereocenters. The fraction of sp³-hybridized carbons (Fsp3) is 0.333. The van der Waals surface area contributed by atoms with Crippen LogP contribution in [0.1, 0.15) is 18.0 Å². The highest BCUT2D eigenvalue weighted by molar-refractivity contribution is 5.87. The van der Waals surface area contributed by atoms with Crippen LogP contribution < -0.4 is 15.6 Å². The van der Waals surface area contributed by atoms with Gasteiger partial charge >= 0.3 is 0 Å². The zero-order valence-electron chi connectivity index (χ0n) is 9.96. The van der Waals surface area contributed by atoms with Crippen LogP contribution in [0.2, 0.25) is 0 Å². The highest BCUT2D eigenvalue weighted by atomic mass is 16.5. The number of benzene rings is 1. The maximum Gasteiger partial charge on any atom is 0.264 e. The van der Waals surface area contributed by atoms with Crippen LogP contribution in [0.25, 0.3) is 0 Å². The van der Waals surface area contributed by atoms with Gasteiger partial charge in [-0.1, -0.05) is 12.1 Å². The van der Waals surface area contributed by atoms with E-state index in [1.54, 1.807) is 18.5 Å². The molecule has 0 saturated carbocycles. The van der Waals surface area contributed by atoms with Crippen molar-refractivity contribution < 1.29 is 9.53 Å². The Morgan fingerprint density at radius 1 is 1.50 bits per heavy atom. The number of hydrazine groups is 1. The Hall–Kier alpha value is -2.08. The van der Waals surface area contributed by atoms with Crippen molar-refractivity contribution in [2.45, 2.75) is 18.5 Å². The molecule has 1 aromatic rings. The lowest BCUT2D eigenvalue weighted by Gasteiger charge is -2.23. The fourth-order valence-electron chi connectivity index (χ4n) is 2.30. The average Bonchev–Trinajstić information content (AvgIpc) is 2.84. The molecule has 6 nitrogen and oxygen atoms in total. The van der Waals surface area contributed by atoms with Crippen LogP contribution in [0.3, 0.4) is 0 Å². The van der Waals surface area contributed by atoms with E-state index in [1.165, 1.54) is 0 Å². The summed E-state index contributed by atoms with van der Waals surface area (Å²) in [6.07, 6.45) is 2.32. The second kappa shape index (κ2) is 4.30. The van der Waals surface area contributed by atoms with Gasteiger partial charge in [0.05, 0.1) is 13.2 Å². The zero-order chi connectivity index (χ0) is 12.5. The first-order chi connectivity index (χ1) is 8.78. The van der Waals surface area contributed by atoms with E-state index in [0.29, 0.717) is 6.42 Å². The maximum absolute atomic E-state index is 11.6.